The maximum atomic E-state index is 11.5. The van der Waals surface area contributed by atoms with E-state index in [1.54, 1.807) is 13.8 Å². The molecule has 0 bridgehead atoms. The molecule has 7 nitrogen and oxygen atoms in total. The van der Waals surface area contributed by atoms with Crippen molar-refractivity contribution in [2.75, 3.05) is 6.54 Å². The van der Waals surface area contributed by atoms with Gasteiger partial charge in [0.05, 0.1) is 0 Å². The SMILES string of the molecule is CC(C)(CNC(=O)OCc1ccccc1)NNC(=O)O. The fourth-order valence-electron chi connectivity index (χ4n) is 1.33. The number of alkyl carbamates (subject to hydrolysis) is 1. The molecule has 1 rings (SSSR count). The fraction of sp³-hybridized carbons (Fsp3) is 0.385. The van der Waals surface area contributed by atoms with Gasteiger partial charge in [-0.1, -0.05) is 30.3 Å². The van der Waals surface area contributed by atoms with E-state index in [-0.39, 0.29) is 13.2 Å². The zero-order valence-corrected chi connectivity index (χ0v) is 11.5. The second-order valence-electron chi connectivity index (χ2n) is 4.85. The van der Waals surface area contributed by atoms with Crippen LogP contribution in [0, 0.1) is 0 Å². The molecule has 0 saturated heterocycles. The molecule has 0 aliphatic carbocycles. The van der Waals surface area contributed by atoms with Crippen molar-refractivity contribution in [3.8, 4) is 0 Å². The molecular formula is C13H19N3O4. The van der Waals surface area contributed by atoms with E-state index in [1.165, 1.54) is 0 Å². The van der Waals surface area contributed by atoms with Crippen molar-refractivity contribution in [3.63, 3.8) is 0 Å². The second kappa shape index (κ2) is 7.34. The van der Waals surface area contributed by atoms with Gasteiger partial charge in [-0.15, -0.1) is 0 Å². The Morgan fingerprint density at radius 1 is 1.25 bits per heavy atom. The summed E-state index contributed by atoms with van der Waals surface area (Å²) in [4.78, 5) is 21.9. The van der Waals surface area contributed by atoms with Crippen LogP contribution in [0.5, 0.6) is 0 Å². The molecule has 0 radical (unpaired) electrons. The zero-order chi connectivity index (χ0) is 15.0. The molecule has 0 aromatic heterocycles. The summed E-state index contributed by atoms with van der Waals surface area (Å²) in [6.07, 6.45) is -1.75. The van der Waals surface area contributed by atoms with Crippen LogP contribution in [0.1, 0.15) is 19.4 Å². The summed E-state index contributed by atoms with van der Waals surface area (Å²) in [7, 11) is 0. The van der Waals surface area contributed by atoms with Gasteiger partial charge in [0.1, 0.15) is 6.61 Å². The summed E-state index contributed by atoms with van der Waals surface area (Å²) in [5.41, 5.74) is 4.87. The van der Waals surface area contributed by atoms with Crippen molar-refractivity contribution < 1.29 is 19.4 Å². The predicted octanol–water partition coefficient (Wildman–Crippen LogP) is 1.46. The Labute approximate surface area is 117 Å². The van der Waals surface area contributed by atoms with Crippen LogP contribution in [-0.2, 0) is 11.3 Å². The number of nitrogens with one attached hydrogen (secondary N) is 3. The molecule has 7 heteroatoms. The minimum Gasteiger partial charge on any atom is -0.464 e. The first kappa shape index (κ1) is 15.8. The Hall–Kier alpha value is -2.28. The number of carbonyl (C=O) groups is 2. The smallest absolute Gasteiger partial charge is 0.419 e. The lowest BCUT2D eigenvalue weighted by molar-refractivity contribution is 0.135. The fourth-order valence-corrected chi connectivity index (χ4v) is 1.33. The van der Waals surface area contributed by atoms with Crippen LogP contribution in [0.3, 0.4) is 0 Å². The van der Waals surface area contributed by atoms with Crippen LogP contribution >= 0.6 is 0 Å². The maximum Gasteiger partial charge on any atom is 0.419 e. The number of rotatable bonds is 6. The molecule has 0 aliphatic rings. The Balaban J connectivity index is 2.27. The Bertz CT molecular complexity index is 448. The van der Waals surface area contributed by atoms with Gasteiger partial charge in [-0.2, -0.15) is 0 Å². The van der Waals surface area contributed by atoms with Gasteiger partial charge in [0, 0.05) is 12.1 Å². The third-order valence-electron chi connectivity index (χ3n) is 2.40. The minimum absolute atomic E-state index is 0.188. The molecule has 1 aromatic rings. The number of hydrogen-bond acceptors (Lipinski definition) is 4. The number of hydrazine groups is 1. The molecule has 2 amide bonds. The van der Waals surface area contributed by atoms with E-state index in [1.807, 2.05) is 35.8 Å². The van der Waals surface area contributed by atoms with Gasteiger partial charge >= 0.3 is 12.2 Å². The van der Waals surface area contributed by atoms with Gasteiger partial charge in [0.15, 0.2) is 0 Å². The maximum absolute atomic E-state index is 11.5. The van der Waals surface area contributed by atoms with Crippen LogP contribution in [0.15, 0.2) is 30.3 Å². The van der Waals surface area contributed by atoms with Gasteiger partial charge < -0.3 is 15.2 Å². The molecule has 0 spiro atoms. The normalized spacial score (nSPS) is 10.7. The van der Waals surface area contributed by atoms with Gasteiger partial charge in [0.2, 0.25) is 0 Å². The number of amides is 2. The molecule has 0 aliphatic heterocycles. The number of benzene rings is 1. The van der Waals surface area contributed by atoms with Crippen LogP contribution in [0.4, 0.5) is 9.59 Å². The van der Waals surface area contributed by atoms with Gasteiger partial charge in [-0.3, -0.25) is 5.43 Å². The summed E-state index contributed by atoms with van der Waals surface area (Å²) < 4.78 is 5.03. The number of hydrogen-bond donors (Lipinski definition) is 4. The molecule has 0 fully saturated rings. The standard InChI is InChI=1S/C13H19N3O4/c1-13(2,16-15-11(17)18)9-14-12(19)20-8-10-6-4-3-5-7-10/h3-7,15-16H,8-9H2,1-2H3,(H,14,19)(H,17,18). The van der Waals surface area contributed by atoms with Crippen molar-refractivity contribution in [2.24, 2.45) is 0 Å². The molecular weight excluding hydrogens is 262 g/mol. The second-order valence-corrected chi connectivity index (χ2v) is 4.85. The lowest BCUT2D eigenvalue weighted by atomic mass is 10.1. The molecule has 0 heterocycles. The van der Waals surface area contributed by atoms with Gasteiger partial charge in [0.25, 0.3) is 0 Å². The van der Waals surface area contributed by atoms with E-state index in [4.69, 9.17) is 9.84 Å². The third kappa shape index (κ3) is 6.60. The molecule has 1 aromatic carbocycles. The first-order valence-electron chi connectivity index (χ1n) is 6.10. The first-order valence-corrected chi connectivity index (χ1v) is 6.10. The first-order chi connectivity index (χ1) is 9.39. The van der Waals surface area contributed by atoms with Crippen LogP contribution in [-0.4, -0.2) is 29.4 Å². The highest BCUT2D eigenvalue weighted by molar-refractivity contribution is 5.67. The Morgan fingerprint density at radius 3 is 2.50 bits per heavy atom. The topological polar surface area (TPSA) is 99.7 Å². The van der Waals surface area contributed by atoms with E-state index in [9.17, 15) is 9.59 Å². The highest BCUT2D eigenvalue weighted by Crippen LogP contribution is 2.01. The van der Waals surface area contributed by atoms with Crippen LogP contribution in [0.25, 0.3) is 0 Å². The summed E-state index contributed by atoms with van der Waals surface area (Å²) in [5.74, 6) is 0. The lowest BCUT2D eigenvalue weighted by Gasteiger charge is -2.25. The average Bonchev–Trinajstić information content (AvgIpc) is 2.42. The summed E-state index contributed by atoms with van der Waals surface area (Å²) >= 11 is 0. The van der Waals surface area contributed by atoms with Crippen LogP contribution in [0.2, 0.25) is 0 Å². The third-order valence-corrected chi connectivity index (χ3v) is 2.40. The zero-order valence-electron chi connectivity index (χ0n) is 11.5. The van der Waals surface area contributed by atoms with E-state index in [0.29, 0.717) is 0 Å². The highest BCUT2D eigenvalue weighted by Gasteiger charge is 2.19. The van der Waals surface area contributed by atoms with Gasteiger partial charge in [-0.05, 0) is 19.4 Å². The molecule has 110 valence electrons. The quantitative estimate of drug-likeness (QED) is 0.592. The monoisotopic (exact) mass is 281 g/mol. The highest BCUT2D eigenvalue weighted by atomic mass is 16.5. The number of carboxylic acid groups (broad SMARTS) is 1. The summed E-state index contributed by atoms with van der Waals surface area (Å²) in [5, 5.41) is 11.0. The molecule has 0 unspecified atom stereocenters. The van der Waals surface area contributed by atoms with Crippen molar-refractivity contribution >= 4 is 12.2 Å². The summed E-state index contributed by atoms with van der Waals surface area (Å²) in [6, 6.07) is 9.32. The predicted molar refractivity (Wildman–Crippen MR) is 73.0 cm³/mol. The van der Waals surface area contributed by atoms with E-state index in [0.717, 1.165) is 5.56 Å². The van der Waals surface area contributed by atoms with Crippen molar-refractivity contribution in [1.29, 1.82) is 0 Å². The van der Waals surface area contributed by atoms with Gasteiger partial charge in [-0.25, -0.2) is 15.0 Å². The number of carbonyl (C=O) groups excluding carboxylic acids is 1. The average molecular weight is 281 g/mol. The number of ether oxygens (including phenoxy) is 1. The molecule has 0 saturated carbocycles. The van der Waals surface area contributed by atoms with Crippen molar-refractivity contribution in [1.82, 2.24) is 16.2 Å². The van der Waals surface area contributed by atoms with E-state index >= 15 is 0 Å². The molecule has 0 atom stereocenters. The van der Waals surface area contributed by atoms with E-state index < -0.39 is 17.7 Å². The lowest BCUT2D eigenvalue weighted by Crippen LogP contribution is -2.55. The van der Waals surface area contributed by atoms with Crippen LogP contribution < -0.4 is 16.2 Å². The Kier molecular flexibility index (Phi) is 5.79. The summed E-state index contributed by atoms with van der Waals surface area (Å²) in [6.45, 7) is 3.87. The van der Waals surface area contributed by atoms with E-state index in [2.05, 4.69) is 10.7 Å². The minimum atomic E-state index is -1.19. The molecule has 20 heavy (non-hydrogen) atoms. The van der Waals surface area contributed by atoms with Crippen molar-refractivity contribution in [3.05, 3.63) is 35.9 Å². The molecule has 4 N–H and O–H groups in total. The largest absolute Gasteiger partial charge is 0.464 e. The van der Waals surface area contributed by atoms with Crippen molar-refractivity contribution in [2.45, 2.75) is 26.0 Å². The Morgan fingerprint density at radius 2 is 1.90 bits per heavy atom.